The second-order valence-corrected chi connectivity index (χ2v) is 10.3. The highest BCUT2D eigenvalue weighted by molar-refractivity contribution is 6.02. The minimum absolute atomic E-state index is 0.0497. The molecular weight excluding hydrogens is 610 g/mol. The molecule has 0 atom stereocenters. The number of amides is 1. The zero-order valence-corrected chi connectivity index (χ0v) is 25.4. The maximum absolute atomic E-state index is 14.4. The molecule has 0 radical (unpaired) electrons. The molecule has 0 fully saturated rings. The number of hydrogen-bond donors (Lipinski definition) is 3. The number of hydrogen-bond acceptors (Lipinski definition) is 9. The maximum atomic E-state index is 14.4. The van der Waals surface area contributed by atoms with Crippen molar-refractivity contribution >= 4 is 45.5 Å². The fourth-order valence-electron chi connectivity index (χ4n) is 5.02. The van der Waals surface area contributed by atoms with Crippen LogP contribution in [0.4, 0.5) is 13.6 Å². The minimum Gasteiger partial charge on any atom is -0.465 e. The van der Waals surface area contributed by atoms with Crippen LogP contribution in [0.1, 0.15) is 27.2 Å². The van der Waals surface area contributed by atoms with Crippen LogP contribution in [0.5, 0.6) is 0 Å². The highest BCUT2D eigenvalue weighted by atomic mass is 19.1. The van der Waals surface area contributed by atoms with Crippen LogP contribution in [-0.2, 0) is 22.4 Å². The monoisotopic (exact) mass is 640 g/mol. The highest BCUT2D eigenvalue weighted by Gasteiger charge is 2.26. The Morgan fingerprint density at radius 3 is 2.40 bits per heavy atom. The van der Waals surface area contributed by atoms with E-state index in [0.29, 0.717) is 27.9 Å². The first-order valence-corrected chi connectivity index (χ1v) is 14.0. The normalized spacial score (nSPS) is 11.4. The van der Waals surface area contributed by atoms with E-state index in [2.05, 4.69) is 21.7 Å². The van der Waals surface area contributed by atoms with E-state index >= 15 is 0 Å². The number of nitrogens with zero attached hydrogens (tertiary/aromatic N) is 5. The molecule has 12 nitrogen and oxygen atoms in total. The van der Waals surface area contributed by atoms with Crippen molar-refractivity contribution in [2.45, 2.75) is 13.0 Å². The smallest absolute Gasteiger partial charge is 0.414 e. The molecule has 240 valence electrons. The Hall–Kier alpha value is -6.31. The molecular formula is C33H30F2N8O4. The van der Waals surface area contributed by atoms with Gasteiger partial charge in [-0.2, -0.15) is 5.10 Å². The van der Waals surface area contributed by atoms with Gasteiger partial charge in [-0.1, -0.05) is 43.0 Å². The number of carbonyl (C=O) groups is 2. The summed E-state index contributed by atoms with van der Waals surface area (Å²) < 4.78 is 39.7. The number of halogens is 2. The number of nitrogens with two attached hydrogens (primary N) is 3. The van der Waals surface area contributed by atoms with Gasteiger partial charge >= 0.3 is 12.1 Å². The van der Waals surface area contributed by atoms with E-state index in [1.54, 1.807) is 54.6 Å². The zero-order chi connectivity index (χ0) is 33.8. The predicted molar refractivity (Wildman–Crippen MR) is 172 cm³/mol. The summed E-state index contributed by atoms with van der Waals surface area (Å²) in [4.78, 5) is 34.5. The van der Waals surface area contributed by atoms with Crippen LogP contribution in [-0.4, -0.2) is 51.8 Å². The number of amidine groups is 1. The molecule has 0 aliphatic carbocycles. The first-order chi connectivity index (χ1) is 22.5. The summed E-state index contributed by atoms with van der Waals surface area (Å²) in [5.41, 5.74) is 20.4. The van der Waals surface area contributed by atoms with Gasteiger partial charge in [0.2, 0.25) is 0 Å². The maximum Gasteiger partial charge on any atom is 0.414 e. The van der Waals surface area contributed by atoms with Crippen molar-refractivity contribution in [3.05, 3.63) is 125 Å². The molecule has 0 saturated carbocycles. The van der Waals surface area contributed by atoms with Gasteiger partial charge in [-0.15, -0.1) is 0 Å². The SMILES string of the molecule is C=C(/N=C(/N)C(=C(N)N)N(Cc1ccc2cc(C(=O)OC)ccc2c1)C(=O)OC)n1nc(Cc2ccccc2F)c2ncc(F)cc21. The third-order valence-electron chi connectivity index (χ3n) is 7.21. The molecule has 0 spiro atoms. The lowest BCUT2D eigenvalue weighted by Gasteiger charge is -2.25. The molecule has 3 aromatic carbocycles. The first-order valence-electron chi connectivity index (χ1n) is 14.0. The van der Waals surface area contributed by atoms with Crippen LogP contribution in [0.2, 0.25) is 0 Å². The first kappa shape index (κ1) is 32.1. The zero-order valence-electron chi connectivity index (χ0n) is 25.4. The van der Waals surface area contributed by atoms with Crippen LogP contribution < -0.4 is 17.2 Å². The van der Waals surface area contributed by atoms with Crippen LogP contribution in [0.25, 0.3) is 27.6 Å². The van der Waals surface area contributed by atoms with Gasteiger partial charge in [0.15, 0.2) is 5.84 Å². The Morgan fingerprint density at radius 1 is 0.979 bits per heavy atom. The van der Waals surface area contributed by atoms with Gasteiger partial charge in [0, 0.05) is 12.5 Å². The fraction of sp³-hybridized carbons (Fsp3) is 0.121. The molecule has 14 heteroatoms. The quantitative estimate of drug-likeness (QED) is 0.120. The van der Waals surface area contributed by atoms with Gasteiger partial charge in [-0.05, 0) is 46.2 Å². The molecule has 0 aliphatic heterocycles. The molecule has 0 bridgehead atoms. The average molecular weight is 641 g/mol. The van der Waals surface area contributed by atoms with Crippen molar-refractivity contribution < 1.29 is 27.8 Å². The summed E-state index contributed by atoms with van der Waals surface area (Å²) in [7, 11) is 2.48. The molecule has 2 aromatic heterocycles. The Kier molecular flexibility index (Phi) is 9.12. The van der Waals surface area contributed by atoms with E-state index in [4.69, 9.17) is 26.7 Å². The van der Waals surface area contributed by atoms with Gasteiger partial charge in [0.1, 0.15) is 34.5 Å². The van der Waals surface area contributed by atoms with Gasteiger partial charge in [0.25, 0.3) is 0 Å². The third kappa shape index (κ3) is 6.71. The molecule has 1 amide bonds. The summed E-state index contributed by atoms with van der Waals surface area (Å²) >= 11 is 0. The second-order valence-electron chi connectivity index (χ2n) is 10.3. The van der Waals surface area contributed by atoms with E-state index in [1.807, 2.05) is 0 Å². The number of ether oxygens (including phenoxy) is 2. The third-order valence-corrected chi connectivity index (χ3v) is 7.21. The van der Waals surface area contributed by atoms with Crippen LogP contribution in [0, 0.1) is 11.6 Å². The summed E-state index contributed by atoms with van der Waals surface area (Å²) in [6.07, 6.45) is 0.226. The summed E-state index contributed by atoms with van der Waals surface area (Å²) in [6, 6.07) is 17.7. The number of aliphatic imine (C=N–C) groups is 1. The summed E-state index contributed by atoms with van der Waals surface area (Å²) in [5.74, 6) is -2.34. The van der Waals surface area contributed by atoms with Crippen molar-refractivity contribution in [2.24, 2.45) is 22.2 Å². The Labute approximate surface area is 267 Å². The molecule has 6 N–H and O–H groups in total. The second kappa shape index (κ2) is 13.4. The Morgan fingerprint density at radius 2 is 1.70 bits per heavy atom. The number of pyridine rings is 1. The van der Waals surface area contributed by atoms with Crippen LogP contribution in [0.3, 0.4) is 0 Å². The standard InChI is InChI=1S/C33H30F2N8O4/c1-18(43-27-15-24(34)16-39-28(27)26(41-43)14-22-6-4-5-7-25(22)35)40-31(38)29(30(36)37)42(33(45)47-3)17-19-8-9-21-13-23(32(44)46-2)11-10-20(21)12-19/h4-13,15-16H,1,14,17,36-37H2,2-3H3,(H2,38,40). The number of aromatic nitrogens is 3. The molecule has 0 saturated heterocycles. The molecule has 0 unspecified atom stereocenters. The van der Waals surface area contributed by atoms with Gasteiger partial charge < -0.3 is 26.7 Å². The van der Waals surface area contributed by atoms with E-state index < -0.39 is 23.7 Å². The number of benzene rings is 3. The predicted octanol–water partition coefficient (Wildman–Crippen LogP) is 4.38. The number of methoxy groups -OCH3 is 2. The van der Waals surface area contributed by atoms with Crippen molar-refractivity contribution in [3.63, 3.8) is 0 Å². The molecule has 47 heavy (non-hydrogen) atoms. The lowest BCUT2D eigenvalue weighted by Crippen LogP contribution is -2.39. The van der Waals surface area contributed by atoms with Crippen molar-refractivity contribution in [2.75, 3.05) is 14.2 Å². The van der Waals surface area contributed by atoms with Crippen LogP contribution >= 0.6 is 0 Å². The molecule has 5 aromatic rings. The lowest BCUT2D eigenvalue weighted by atomic mass is 10.0. The van der Waals surface area contributed by atoms with E-state index in [9.17, 15) is 18.4 Å². The van der Waals surface area contributed by atoms with Crippen molar-refractivity contribution in [1.82, 2.24) is 19.7 Å². The lowest BCUT2D eigenvalue weighted by molar-refractivity contribution is 0.0601. The van der Waals surface area contributed by atoms with E-state index in [1.165, 1.54) is 31.0 Å². The topological polar surface area (TPSA) is 177 Å². The molecule has 2 heterocycles. The van der Waals surface area contributed by atoms with E-state index in [-0.39, 0.29) is 41.7 Å². The summed E-state index contributed by atoms with van der Waals surface area (Å²) in [5, 5.41) is 6.03. The number of carbonyl (C=O) groups excluding carboxylic acids is 2. The summed E-state index contributed by atoms with van der Waals surface area (Å²) in [6.45, 7) is 3.84. The molecule has 5 rings (SSSR count). The van der Waals surface area contributed by atoms with Gasteiger partial charge in [-0.25, -0.2) is 33.0 Å². The average Bonchev–Trinajstić information content (AvgIpc) is 3.41. The molecule has 0 aliphatic rings. The van der Waals surface area contributed by atoms with Crippen molar-refractivity contribution in [1.29, 1.82) is 0 Å². The number of esters is 1. The number of rotatable bonds is 9. The highest BCUT2D eigenvalue weighted by Crippen LogP contribution is 2.25. The van der Waals surface area contributed by atoms with Crippen LogP contribution in [0.15, 0.2) is 96.0 Å². The van der Waals surface area contributed by atoms with Gasteiger partial charge in [-0.3, -0.25) is 4.90 Å². The van der Waals surface area contributed by atoms with Crippen molar-refractivity contribution in [3.8, 4) is 0 Å². The number of fused-ring (bicyclic) bond motifs is 2. The fourth-order valence-corrected chi connectivity index (χ4v) is 5.02. The van der Waals surface area contributed by atoms with Gasteiger partial charge in [0.05, 0.1) is 43.7 Å². The van der Waals surface area contributed by atoms with E-state index in [0.717, 1.165) is 21.9 Å². The Bertz CT molecular complexity index is 2100. The largest absolute Gasteiger partial charge is 0.465 e. The Balaban J connectivity index is 1.49. The minimum atomic E-state index is -0.846.